The first kappa shape index (κ1) is 13.9. The van der Waals surface area contributed by atoms with Crippen molar-refractivity contribution in [2.45, 2.75) is 25.8 Å². The van der Waals surface area contributed by atoms with Crippen LogP contribution in [-0.4, -0.2) is 37.1 Å². The molecule has 1 aliphatic rings. The molecule has 0 aromatic heterocycles. The van der Waals surface area contributed by atoms with Crippen LogP contribution in [0, 0.1) is 0 Å². The fraction of sp³-hybridized carbons (Fsp3) is 0.533. The van der Waals surface area contributed by atoms with E-state index in [2.05, 4.69) is 15.5 Å². The van der Waals surface area contributed by atoms with Gasteiger partial charge in [0.1, 0.15) is 0 Å². The summed E-state index contributed by atoms with van der Waals surface area (Å²) in [6.45, 7) is 4.87. The van der Waals surface area contributed by atoms with E-state index in [4.69, 9.17) is 0 Å². The van der Waals surface area contributed by atoms with Crippen LogP contribution in [0.4, 0.5) is 4.79 Å². The zero-order valence-electron chi connectivity index (χ0n) is 11.4. The number of amides is 2. The van der Waals surface area contributed by atoms with Gasteiger partial charge in [-0.05, 0) is 44.5 Å². The van der Waals surface area contributed by atoms with Gasteiger partial charge in [0.15, 0.2) is 0 Å². The predicted octanol–water partition coefficient (Wildman–Crippen LogP) is 1.97. The van der Waals surface area contributed by atoms with Crippen LogP contribution >= 0.6 is 0 Å². The highest BCUT2D eigenvalue weighted by atomic mass is 16.2. The van der Waals surface area contributed by atoms with Gasteiger partial charge in [0.05, 0.1) is 0 Å². The topological polar surface area (TPSA) is 44.4 Å². The maximum absolute atomic E-state index is 11.6. The summed E-state index contributed by atoms with van der Waals surface area (Å²) in [5, 5.41) is 5.76. The summed E-state index contributed by atoms with van der Waals surface area (Å²) >= 11 is 0. The van der Waals surface area contributed by atoms with Crippen LogP contribution in [-0.2, 0) is 6.54 Å². The van der Waals surface area contributed by atoms with Crippen LogP contribution in [0.5, 0.6) is 0 Å². The van der Waals surface area contributed by atoms with E-state index >= 15 is 0 Å². The first-order valence-electron chi connectivity index (χ1n) is 7.12. The number of nitrogens with one attached hydrogen (secondary N) is 2. The highest BCUT2D eigenvalue weighted by Crippen LogP contribution is 2.06. The molecular formula is C15H23N3O. The molecule has 0 unspecified atom stereocenters. The maximum atomic E-state index is 11.6. The van der Waals surface area contributed by atoms with Crippen molar-refractivity contribution in [3.63, 3.8) is 0 Å². The highest BCUT2D eigenvalue weighted by Gasteiger charge is 2.10. The molecule has 1 aromatic carbocycles. The van der Waals surface area contributed by atoms with Gasteiger partial charge < -0.3 is 15.5 Å². The number of carbonyl (C=O) groups excluding carboxylic acids is 1. The van der Waals surface area contributed by atoms with Crippen molar-refractivity contribution >= 4 is 6.03 Å². The molecule has 0 saturated carbocycles. The first-order chi connectivity index (χ1) is 9.34. The van der Waals surface area contributed by atoms with E-state index < -0.39 is 0 Å². The Morgan fingerprint density at radius 2 is 1.84 bits per heavy atom. The molecule has 4 nitrogen and oxygen atoms in total. The number of benzene rings is 1. The second-order valence-electron chi connectivity index (χ2n) is 5.00. The van der Waals surface area contributed by atoms with Gasteiger partial charge >= 0.3 is 6.03 Å². The van der Waals surface area contributed by atoms with Gasteiger partial charge in [-0.3, -0.25) is 0 Å². The Kier molecular flexibility index (Phi) is 5.69. The first-order valence-corrected chi connectivity index (χ1v) is 7.12. The molecule has 0 aliphatic carbocycles. The van der Waals surface area contributed by atoms with Crippen molar-refractivity contribution in [1.29, 1.82) is 0 Å². The minimum absolute atomic E-state index is 0.0784. The van der Waals surface area contributed by atoms with Gasteiger partial charge in [-0.1, -0.05) is 30.3 Å². The zero-order chi connectivity index (χ0) is 13.3. The minimum atomic E-state index is -0.0784. The molecule has 2 amide bonds. The molecule has 1 heterocycles. The molecule has 0 bridgehead atoms. The molecule has 2 N–H and O–H groups in total. The Balaban J connectivity index is 1.52. The summed E-state index contributed by atoms with van der Waals surface area (Å²) in [6, 6.07) is 9.87. The summed E-state index contributed by atoms with van der Waals surface area (Å²) in [6.07, 6.45) is 3.68. The molecular weight excluding hydrogens is 238 g/mol. The largest absolute Gasteiger partial charge is 0.338 e. The number of hydrogen-bond acceptors (Lipinski definition) is 2. The van der Waals surface area contributed by atoms with Gasteiger partial charge in [0.25, 0.3) is 0 Å². The molecule has 1 aliphatic heterocycles. The average Bonchev–Trinajstić information content (AvgIpc) is 2.96. The number of rotatable bonds is 6. The second-order valence-corrected chi connectivity index (χ2v) is 5.00. The van der Waals surface area contributed by atoms with E-state index in [0.29, 0.717) is 6.54 Å². The van der Waals surface area contributed by atoms with Crippen molar-refractivity contribution < 1.29 is 4.79 Å². The van der Waals surface area contributed by atoms with Crippen LogP contribution in [0.1, 0.15) is 24.8 Å². The van der Waals surface area contributed by atoms with E-state index in [1.54, 1.807) is 0 Å². The molecule has 1 aromatic rings. The van der Waals surface area contributed by atoms with Crippen molar-refractivity contribution in [2.24, 2.45) is 0 Å². The number of nitrogens with zero attached hydrogens (tertiary/aromatic N) is 1. The molecule has 0 atom stereocenters. The van der Waals surface area contributed by atoms with Crippen molar-refractivity contribution in [3.8, 4) is 0 Å². The van der Waals surface area contributed by atoms with E-state index in [1.807, 2.05) is 30.3 Å². The maximum Gasteiger partial charge on any atom is 0.315 e. The quantitative estimate of drug-likeness (QED) is 0.769. The fourth-order valence-electron chi connectivity index (χ4n) is 2.35. The van der Waals surface area contributed by atoms with Gasteiger partial charge in [-0.15, -0.1) is 0 Å². The summed E-state index contributed by atoms with van der Waals surface area (Å²) in [4.78, 5) is 14.0. The molecule has 19 heavy (non-hydrogen) atoms. The normalized spacial score (nSPS) is 15.4. The monoisotopic (exact) mass is 261 g/mol. The lowest BCUT2D eigenvalue weighted by atomic mass is 10.2. The fourth-order valence-corrected chi connectivity index (χ4v) is 2.35. The van der Waals surface area contributed by atoms with Gasteiger partial charge in [0, 0.05) is 13.1 Å². The van der Waals surface area contributed by atoms with Gasteiger partial charge in [-0.25, -0.2) is 4.79 Å². The van der Waals surface area contributed by atoms with Gasteiger partial charge in [0.2, 0.25) is 0 Å². The molecule has 0 spiro atoms. The van der Waals surface area contributed by atoms with Gasteiger partial charge in [-0.2, -0.15) is 0 Å². The molecule has 4 heteroatoms. The molecule has 1 fully saturated rings. The lowest BCUT2D eigenvalue weighted by Crippen LogP contribution is -2.36. The van der Waals surface area contributed by atoms with Crippen LogP contribution < -0.4 is 10.6 Å². The molecule has 1 saturated heterocycles. The number of urea groups is 1. The molecule has 2 rings (SSSR count). The lowest BCUT2D eigenvalue weighted by molar-refractivity contribution is 0.239. The third-order valence-corrected chi connectivity index (χ3v) is 3.43. The summed E-state index contributed by atoms with van der Waals surface area (Å²) < 4.78 is 0. The highest BCUT2D eigenvalue weighted by molar-refractivity contribution is 5.73. The standard InChI is InChI=1S/C15H23N3O/c19-15(17-13-14-7-2-1-3-8-14)16-9-6-12-18-10-4-5-11-18/h1-3,7-8H,4-6,9-13H2,(H2,16,17,19). The second kappa shape index (κ2) is 7.79. The third-order valence-electron chi connectivity index (χ3n) is 3.43. The Labute approximate surface area is 115 Å². The Morgan fingerprint density at radius 1 is 1.11 bits per heavy atom. The van der Waals surface area contributed by atoms with Crippen molar-refractivity contribution in [1.82, 2.24) is 15.5 Å². The molecule has 0 radical (unpaired) electrons. The Morgan fingerprint density at radius 3 is 2.58 bits per heavy atom. The Hall–Kier alpha value is -1.55. The van der Waals surface area contributed by atoms with Crippen molar-refractivity contribution in [3.05, 3.63) is 35.9 Å². The lowest BCUT2D eigenvalue weighted by Gasteiger charge is -2.14. The number of carbonyl (C=O) groups is 1. The Bertz CT molecular complexity index is 374. The summed E-state index contributed by atoms with van der Waals surface area (Å²) in [5.74, 6) is 0. The third kappa shape index (κ3) is 5.30. The number of hydrogen-bond donors (Lipinski definition) is 2. The number of likely N-dealkylation sites (tertiary alicyclic amines) is 1. The zero-order valence-corrected chi connectivity index (χ0v) is 11.4. The predicted molar refractivity (Wildman–Crippen MR) is 77.0 cm³/mol. The van der Waals surface area contributed by atoms with E-state index in [9.17, 15) is 4.79 Å². The molecule has 104 valence electrons. The van der Waals surface area contributed by atoms with Crippen LogP contribution in [0.3, 0.4) is 0 Å². The SMILES string of the molecule is O=C(NCCCN1CCCC1)NCc1ccccc1. The van der Waals surface area contributed by atoms with E-state index in [0.717, 1.165) is 25.1 Å². The smallest absolute Gasteiger partial charge is 0.315 e. The average molecular weight is 261 g/mol. The van der Waals surface area contributed by atoms with E-state index in [1.165, 1.54) is 25.9 Å². The van der Waals surface area contributed by atoms with Crippen LogP contribution in [0.15, 0.2) is 30.3 Å². The van der Waals surface area contributed by atoms with Crippen LogP contribution in [0.2, 0.25) is 0 Å². The summed E-state index contributed by atoms with van der Waals surface area (Å²) in [5.41, 5.74) is 1.12. The van der Waals surface area contributed by atoms with E-state index in [-0.39, 0.29) is 6.03 Å². The van der Waals surface area contributed by atoms with Crippen molar-refractivity contribution in [2.75, 3.05) is 26.2 Å². The van der Waals surface area contributed by atoms with Crippen LogP contribution in [0.25, 0.3) is 0 Å². The summed E-state index contributed by atoms with van der Waals surface area (Å²) in [7, 11) is 0. The minimum Gasteiger partial charge on any atom is -0.338 e.